The van der Waals surface area contributed by atoms with Crippen LogP contribution in [0.4, 0.5) is 0 Å². The van der Waals surface area contributed by atoms with E-state index >= 15 is 0 Å². The summed E-state index contributed by atoms with van der Waals surface area (Å²) in [6, 6.07) is 4.67. The molecule has 8 heteroatoms. The summed E-state index contributed by atoms with van der Waals surface area (Å²) in [6.07, 6.45) is 1.73. The van der Waals surface area contributed by atoms with Gasteiger partial charge in [-0.1, -0.05) is 19.9 Å². The van der Waals surface area contributed by atoms with Crippen molar-refractivity contribution in [2.45, 2.75) is 39.1 Å². The van der Waals surface area contributed by atoms with Crippen LogP contribution in [0, 0.1) is 13.8 Å². The quantitative estimate of drug-likeness (QED) is 0.800. The minimum Gasteiger partial charge on any atom is -0.347 e. The molecule has 0 unspecified atom stereocenters. The third kappa shape index (κ3) is 4.45. The minimum atomic E-state index is -3.59. The van der Waals surface area contributed by atoms with Gasteiger partial charge in [0.15, 0.2) is 0 Å². The fourth-order valence-corrected chi connectivity index (χ4v) is 4.69. The van der Waals surface area contributed by atoms with Crippen LogP contribution >= 0.6 is 11.3 Å². The molecule has 0 bridgehead atoms. The van der Waals surface area contributed by atoms with E-state index in [1.54, 1.807) is 39.1 Å². The van der Waals surface area contributed by atoms with Crippen molar-refractivity contribution in [2.75, 3.05) is 13.1 Å². The number of nitrogens with one attached hydrogen (secondary N) is 1. The number of sulfonamides is 1. The summed E-state index contributed by atoms with van der Waals surface area (Å²) in [4.78, 5) is 17.7. The van der Waals surface area contributed by atoms with Crippen LogP contribution in [-0.4, -0.2) is 36.7 Å². The molecule has 0 atom stereocenters. The standard InChI is InChI=1S/C17H23N3O3S2/c1-5-20(6-2)25(22,23)15-8-7-12(3)16(9-15)17(21)19-11-14-10-18-13(4)24-14/h7-10H,5-6,11H2,1-4H3,(H,19,21). The second-order valence-electron chi connectivity index (χ2n) is 5.59. The Labute approximate surface area is 153 Å². The topological polar surface area (TPSA) is 79.4 Å². The lowest BCUT2D eigenvalue weighted by molar-refractivity contribution is 0.0950. The van der Waals surface area contributed by atoms with Crippen LogP contribution in [0.25, 0.3) is 0 Å². The zero-order valence-corrected chi connectivity index (χ0v) is 16.5. The highest BCUT2D eigenvalue weighted by molar-refractivity contribution is 7.89. The number of amides is 1. The van der Waals surface area contributed by atoms with Crippen LogP contribution < -0.4 is 5.32 Å². The zero-order chi connectivity index (χ0) is 18.6. The first-order chi connectivity index (χ1) is 11.8. The van der Waals surface area contributed by atoms with Crippen molar-refractivity contribution in [3.05, 3.63) is 45.4 Å². The normalized spacial score (nSPS) is 11.7. The van der Waals surface area contributed by atoms with Gasteiger partial charge in [0.1, 0.15) is 0 Å². The maximum Gasteiger partial charge on any atom is 0.251 e. The van der Waals surface area contributed by atoms with Gasteiger partial charge in [0.2, 0.25) is 10.0 Å². The van der Waals surface area contributed by atoms with E-state index < -0.39 is 10.0 Å². The van der Waals surface area contributed by atoms with E-state index in [1.807, 2.05) is 6.92 Å². The highest BCUT2D eigenvalue weighted by Gasteiger charge is 2.23. The highest BCUT2D eigenvalue weighted by atomic mass is 32.2. The Kier molecular flexibility index (Phi) is 6.31. The molecule has 2 rings (SSSR count). The molecule has 1 aromatic heterocycles. The molecule has 1 aromatic carbocycles. The van der Waals surface area contributed by atoms with Gasteiger partial charge in [-0.3, -0.25) is 4.79 Å². The first kappa shape index (κ1) is 19.6. The predicted octanol–water partition coefficient (Wildman–Crippen LogP) is 2.72. The predicted molar refractivity (Wildman–Crippen MR) is 99.3 cm³/mol. The van der Waals surface area contributed by atoms with Gasteiger partial charge in [-0.15, -0.1) is 11.3 Å². The SMILES string of the molecule is CCN(CC)S(=O)(=O)c1ccc(C)c(C(=O)NCc2cnc(C)s2)c1. The number of aryl methyl sites for hydroxylation is 2. The summed E-state index contributed by atoms with van der Waals surface area (Å²) < 4.78 is 26.7. The molecule has 136 valence electrons. The fourth-order valence-electron chi connectivity index (χ4n) is 2.47. The first-order valence-corrected chi connectivity index (χ1v) is 10.4. The van der Waals surface area contributed by atoms with Crippen molar-refractivity contribution >= 4 is 27.3 Å². The summed E-state index contributed by atoms with van der Waals surface area (Å²) >= 11 is 1.52. The molecule has 0 fully saturated rings. The van der Waals surface area contributed by atoms with Crippen molar-refractivity contribution in [1.82, 2.24) is 14.6 Å². The van der Waals surface area contributed by atoms with Crippen LogP contribution in [0.2, 0.25) is 0 Å². The summed E-state index contributed by atoms with van der Waals surface area (Å²) in [5.74, 6) is -0.292. The van der Waals surface area contributed by atoms with Gasteiger partial charge in [-0.2, -0.15) is 4.31 Å². The number of thiazole rings is 1. The van der Waals surface area contributed by atoms with Gasteiger partial charge in [0.25, 0.3) is 5.91 Å². The molecule has 0 saturated heterocycles. The molecule has 0 aliphatic carbocycles. The second kappa shape index (κ2) is 8.07. The molecular formula is C17H23N3O3S2. The van der Waals surface area contributed by atoms with Gasteiger partial charge in [-0.05, 0) is 31.5 Å². The maximum atomic E-state index is 12.7. The second-order valence-corrected chi connectivity index (χ2v) is 8.85. The lowest BCUT2D eigenvalue weighted by Crippen LogP contribution is -2.31. The van der Waals surface area contributed by atoms with Gasteiger partial charge in [0, 0.05) is 29.7 Å². The fraction of sp³-hybridized carbons (Fsp3) is 0.412. The molecule has 2 aromatic rings. The van der Waals surface area contributed by atoms with Crippen molar-refractivity contribution in [3.8, 4) is 0 Å². The Morgan fingerprint density at radius 3 is 2.48 bits per heavy atom. The van der Waals surface area contributed by atoms with Crippen molar-refractivity contribution in [2.24, 2.45) is 0 Å². The van der Waals surface area contributed by atoms with Crippen molar-refractivity contribution < 1.29 is 13.2 Å². The van der Waals surface area contributed by atoms with Crippen LogP contribution in [0.15, 0.2) is 29.3 Å². The molecular weight excluding hydrogens is 358 g/mol. The van der Waals surface area contributed by atoms with E-state index in [4.69, 9.17) is 0 Å². The van der Waals surface area contributed by atoms with E-state index in [9.17, 15) is 13.2 Å². The van der Waals surface area contributed by atoms with Crippen LogP contribution in [0.5, 0.6) is 0 Å². The first-order valence-electron chi connectivity index (χ1n) is 8.09. The van der Waals surface area contributed by atoms with Crippen LogP contribution in [-0.2, 0) is 16.6 Å². The number of benzene rings is 1. The third-order valence-electron chi connectivity index (χ3n) is 3.89. The number of carbonyl (C=O) groups is 1. The highest BCUT2D eigenvalue weighted by Crippen LogP contribution is 2.20. The summed E-state index contributed by atoms with van der Waals surface area (Å²) in [5.41, 5.74) is 1.10. The van der Waals surface area contributed by atoms with Crippen molar-refractivity contribution in [1.29, 1.82) is 0 Å². The Morgan fingerprint density at radius 1 is 1.24 bits per heavy atom. The van der Waals surface area contributed by atoms with Gasteiger partial charge in [0.05, 0.1) is 16.4 Å². The number of hydrogen-bond acceptors (Lipinski definition) is 5. The lowest BCUT2D eigenvalue weighted by Gasteiger charge is -2.19. The molecule has 1 amide bonds. The van der Waals surface area contributed by atoms with E-state index in [1.165, 1.54) is 21.7 Å². The number of carbonyl (C=O) groups excluding carboxylic acids is 1. The van der Waals surface area contributed by atoms with Crippen LogP contribution in [0.3, 0.4) is 0 Å². The molecule has 0 aliphatic heterocycles. The van der Waals surface area contributed by atoms with Gasteiger partial charge >= 0.3 is 0 Å². The third-order valence-corrected chi connectivity index (χ3v) is 6.85. The van der Waals surface area contributed by atoms with E-state index in [0.29, 0.717) is 25.2 Å². The monoisotopic (exact) mass is 381 g/mol. The number of hydrogen-bond donors (Lipinski definition) is 1. The molecule has 0 aliphatic rings. The number of rotatable bonds is 7. The van der Waals surface area contributed by atoms with E-state index in [0.717, 1.165) is 15.4 Å². The maximum absolute atomic E-state index is 12.7. The molecule has 1 N–H and O–H groups in total. The van der Waals surface area contributed by atoms with E-state index in [2.05, 4.69) is 10.3 Å². The molecule has 25 heavy (non-hydrogen) atoms. The van der Waals surface area contributed by atoms with Gasteiger partial charge < -0.3 is 5.32 Å². The molecule has 0 spiro atoms. The average molecular weight is 382 g/mol. The number of nitrogens with zero attached hydrogens (tertiary/aromatic N) is 2. The summed E-state index contributed by atoms with van der Waals surface area (Å²) in [5, 5.41) is 3.77. The smallest absolute Gasteiger partial charge is 0.251 e. The Hall–Kier alpha value is -1.77. The minimum absolute atomic E-state index is 0.139. The Balaban J connectivity index is 2.24. The Morgan fingerprint density at radius 2 is 1.92 bits per heavy atom. The van der Waals surface area contributed by atoms with Crippen molar-refractivity contribution in [3.63, 3.8) is 0 Å². The molecule has 0 radical (unpaired) electrons. The van der Waals surface area contributed by atoms with E-state index in [-0.39, 0.29) is 10.8 Å². The Bertz CT molecular complexity index is 856. The van der Waals surface area contributed by atoms with Gasteiger partial charge in [-0.25, -0.2) is 13.4 Å². The lowest BCUT2D eigenvalue weighted by atomic mass is 10.1. The average Bonchev–Trinajstić information content (AvgIpc) is 2.99. The van der Waals surface area contributed by atoms with Crippen LogP contribution in [0.1, 0.15) is 39.7 Å². The molecule has 6 nitrogen and oxygen atoms in total. The molecule has 1 heterocycles. The summed E-state index contributed by atoms with van der Waals surface area (Å²) in [6.45, 7) is 8.43. The zero-order valence-electron chi connectivity index (χ0n) is 14.9. The largest absolute Gasteiger partial charge is 0.347 e. The number of aromatic nitrogens is 1. The summed E-state index contributed by atoms with van der Waals surface area (Å²) in [7, 11) is -3.59. The molecule has 0 saturated carbocycles.